The van der Waals surface area contributed by atoms with Crippen LogP contribution >= 0.6 is 0 Å². The van der Waals surface area contributed by atoms with Gasteiger partial charge in [-0.15, -0.1) is 0 Å². The summed E-state index contributed by atoms with van der Waals surface area (Å²) in [5.41, 5.74) is 1.23. The minimum atomic E-state index is -3.63. The predicted molar refractivity (Wildman–Crippen MR) is 117 cm³/mol. The summed E-state index contributed by atoms with van der Waals surface area (Å²) in [6.07, 6.45) is 5.57. The molecular weight excluding hydrogens is 416 g/mol. The van der Waals surface area contributed by atoms with Crippen LogP contribution in [0.15, 0.2) is 72.0 Å². The van der Waals surface area contributed by atoms with Gasteiger partial charge in [0.1, 0.15) is 6.61 Å². The Morgan fingerprint density at radius 1 is 1.06 bits per heavy atom. The van der Waals surface area contributed by atoms with Gasteiger partial charge >= 0.3 is 0 Å². The van der Waals surface area contributed by atoms with E-state index in [-0.39, 0.29) is 16.8 Å². The highest BCUT2D eigenvalue weighted by Crippen LogP contribution is 2.23. The molecule has 0 saturated heterocycles. The van der Waals surface area contributed by atoms with E-state index in [1.165, 1.54) is 24.3 Å². The van der Waals surface area contributed by atoms with Crippen LogP contribution in [0.2, 0.25) is 0 Å². The highest BCUT2D eigenvalue weighted by Gasteiger charge is 2.18. The smallest absolute Gasteiger partial charge is 0.256 e. The average molecular weight is 441 g/mol. The Kier molecular flexibility index (Phi) is 7.32. The fourth-order valence-electron chi connectivity index (χ4n) is 2.62. The van der Waals surface area contributed by atoms with E-state index in [0.717, 1.165) is 5.56 Å². The zero-order valence-corrected chi connectivity index (χ0v) is 18.1. The Hall–Kier alpha value is -3.30. The zero-order chi connectivity index (χ0) is 22.3. The van der Waals surface area contributed by atoms with Crippen LogP contribution in [0.1, 0.15) is 36.2 Å². The molecule has 0 aliphatic heterocycles. The van der Waals surface area contributed by atoms with Gasteiger partial charge in [-0.05, 0) is 67.4 Å². The largest absolute Gasteiger partial charge is 0.485 e. The molecule has 8 nitrogen and oxygen atoms in total. The third-order valence-electron chi connectivity index (χ3n) is 4.54. The van der Waals surface area contributed by atoms with Crippen LogP contribution in [-0.2, 0) is 16.6 Å². The molecule has 0 spiro atoms. The first-order valence-electron chi connectivity index (χ1n) is 9.79. The molecule has 0 aliphatic rings. The molecule has 0 radical (unpaired) electrons. The number of benzene rings is 1. The van der Waals surface area contributed by atoms with E-state index in [4.69, 9.17) is 4.74 Å². The van der Waals surface area contributed by atoms with Crippen molar-refractivity contribution in [1.82, 2.24) is 14.7 Å². The molecule has 0 aliphatic carbocycles. The Bertz CT molecular complexity index is 1120. The van der Waals surface area contributed by atoms with Gasteiger partial charge in [0.15, 0.2) is 11.6 Å². The average Bonchev–Trinajstić information content (AvgIpc) is 2.79. The molecule has 162 valence electrons. The molecule has 2 N–H and O–H groups in total. The number of nitrogens with one attached hydrogen (secondary N) is 2. The molecule has 1 amide bonds. The van der Waals surface area contributed by atoms with Gasteiger partial charge in [0.2, 0.25) is 10.0 Å². The number of hydrogen-bond acceptors (Lipinski definition) is 6. The maximum Gasteiger partial charge on any atom is 0.256 e. The number of carbonyl (C=O) groups is 1. The van der Waals surface area contributed by atoms with Gasteiger partial charge in [0.25, 0.3) is 5.91 Å². The summed E-state index contributed by atoms with van der Waals surface area (Å²) in [4.78, 5) is 20.9. The second kappa shape index (κ2) is 10.1. The number of rotatable bonds is 9. The van der Waals surface area contributed by atoms with Crippen LogP contribution in [-0.4, -0.2) is 30.3 Å². The van der Waals surface area contributed by atoms with Crippen LogP contribution in [0.5, 0.6) is 5.75 Å². The first-order valence-corrected chi connectivity index (χ1v) is 11.3. The fraction of sp³-hybridized carbons (Fsp3) is 0.227. The van der Waals surface area contributed by atoms with E-state index >= 15 is 0 Å². The minimum Gasteiger partial charge on any atom is -0.485 e. The van der Waals surface area contributed by atoms with Crippen molar-refractivity contribution in [2.75, 3.05) is 5.32 Å². The third kappa shape index (κ3) is 6.09. The Morgan fingerprint density at radius 3 is 2.45 bits per heavy atom. The summed E-state index contributed by atoms with van der Waals surface area (Å²) < 4.78 is 33.1. The van der Waals surface area contributed by atoms with E-state index in [1.54, 1.807) is 37.6 Å². The maximum atomic E-state index is 12.6. The molecule has 1 aromatic carbocycles. The van der Waals surface area contributed by atoms with Crippen molar-refractivity contribution in [3.05, 3.63) is 78.2 Å². The molecule has 2 aromatic heterocycles. The minimum absolute atomic E-state index is 0.101. The fourth-order valence-corrected chi connectivity index (χ4v) is 3.95. The van der Waals surface area contributed by atoms with E-state index in [2.05, 4.69) is 20.0 Å². The predicted octanol–water partition coefficient (Wildman–Crippen LogP) is 3.38. The normalized spacial score (nSPS) is 12.2. The van der Waals surface area contributed by atoms with Gasteiger partial charge < -0.3 is 10.1 Å². The van der Waals surface area contributed by atoms with Crippen molar-refractivity contribution >= 4 is 21.7 Å². The Labute approximate surface area is 181 Å². The summed E-state index contributed by atoms with van der Waals surface area (Å²) in [5, 5.41) is 2.71. The third-order valence-corrected chi connectivity index (χ3v) is 6.15. The van der Waals surface area contributed by atoms with Gasteiger partial charge in [0.05, 0.1) is 4.90 Å². The van der Waals surface area contributed by atoms with Crippen molar-refractivity contribution in [2.45, 2.75) is 37.8 Å². The lowest BCUT2D eigenvalue weighted by molar-refractivity contribution is 0.102. The number of nitrogens with zero attached hydrogens (tertiary/aromatic N) is 2. The molecule has 1 unspecified atom stereocenters. The van der Waals surface area contributed by atoms with Gasteiger partial charge in [-0.1, -0.05) is 6.92 Å². The van der Waals surface area contributed by atoms with Crippen molar-refractivity contribution in [1.29, 1.82) is 0 Å². The van der Waals surface area contributed by atoms with Gasteiger partial charge in [0, 0.05) is 30.2 Å². The standard InChI is InChI=1S/C22H24N4O4S/c1-3-16(2)26-31(28,29)19-8-6-18(7-9-19)22(27)25-21-20(5-4-12-24-21)30-15-17-10-13-23-14-11-17/h4-14,16,26H,3,15H2,1-2H3,(H,24,25,27). The number of amides is 1. The summed E-state index contributed by atoms with van der Waals surface area (Å²) in [6.45, 7) is 3.99. The van der Waals surface area contributed by atoms with Crippen molar-refractivity contribution in [2.24, 2.45) is 0 Å². The first kappa shape index (κ1) is 22.4. The maximum absolute atomic E-state index is 12.6. The highest BCUT2D eigenvalue weighted by molar-refractivity contribution is 7.89. The quantitative estimate of drug-likeness (QED) is 0.528. The van der Waals surface area contributed by atoms with Crippen LogP contribution in [0.4, 0.5) is 5.82 Å². The summed E-state index contributed by atoms with van der Waals surface area (Å²) in [6, 6.07) is 12.6. The summed E-state index contributed by atoms with van der Waals surface area (Å²) in [5.74, 6) is 0.271. The molecule has 3 aromatic rings. The second-order valence-electron chi connectivity index (χ2n) is 6.90. The van der Waals surface area contributed by atoms with Crippen molar-refractivity contribution in [3.8, 4) is 5.75 Å². The molecular formula is C22H24N4O4S. The lowest BCUT2D eigenvalue weighted by Crippen LogP contribution is -2.32. The van der Waals surface area contributed by atoms with Crippen molar-refractivity contribution in [3.63, 3.8) is 0 Å². The molecule has 9 heteroatoms. The Morgan fingerprint density at radius 2 is 1.77 bits per heavy atom. The topological polar surface area (TPSA) is 110 Å². The number of sulfonamides is 1. The van der Waals surface area contributed by atoms with Crippen LogP contribution in [0.3, 0.4) is 0 Å². The van der Waals surface area contributed by atoms with E-state index < -0.39 is 15.9 Å². The van der Waals surface area contributed by atoms with Crippen molar-refractivity contribution < 1.29 is 17.9 Å². The number of pyridine rings is 2. The zero-order valence-electron chi connectivity index (χ0n) is 17.3. The van der Waals surface area contributed by atoms with Crippen LogP contribution in [0.25, 0.3) is 0 Å². The highest BCUT2D eigenvalue weighted by atomic mass is 32.2. The molecule has 0 bridgehead atoms. The molecule has 0 fully saturated rings. The number of aromatic nitrogens is 2. The van der Waals surface area contributed by atoms with E-state index in [0.29, 0.717) is 24.3 Å². The van der Waals surface area contributed by atoms with Gasteiger partial charge in [-0.3, -0.25) is 9.78 Å². The van der Waals surface area contributed by atoms with Gasteiger partial charge in [-0.2, -0.15) is 0 Å². The molecule has 3 rings (SSSR count). The summed E-state index contributed by atoms with van der Waals surface area (Å²) >= 11 is 0. The number of hydrogen-bond donors (Lipinski definition) is 2. The number of anilines is 1. The molecule has 0 saturated carbocycles. The van der Waals surface area contributed by atoms with E-state index in [9.17, 15) is 13.2 Å². The summed E-state index contributed by atoms with van der Waals surface area (Å²) in [7, 11) is -3.63. The number of carbonyl (C=O) groups excluding carboxylic acids is 1. The SMILES string of the molecule is CCC(C)NS(=O)(=O)c1ccc(C(=O)Nc2ncccc2OCc2ccncc2)cc1. The Balaban J connectivity index is 1.69. The van der Waals surface area contributed by atoms with E-state index in [1.807, 2.05) is 19.1 Å². The second-order valence-corrected chi connectivity index (χ2v) is 8.62. The number of ether oxygens (including phenoxy) is 1. The molecule has 2 heterocycles. The lowest BCUT2D eigenvalue weighted by atomic mass is 10.2. The van der Waals surface area contributed by atoms with Crippen LogP contribution < -0.4 is 14.8 Å². The molecule has 31 heavy (non-hydrogen) atoms. The monoisotopic (exact) mass is 440 g/mol. The molecule has 1 atom stereocenters. The van der Waals surface area contributed by atoms with Gasteiger partial charge in [-0.25, -0.2) is 18.1 Å². The lowest BCUT2D eigenvalue weighted by Gasteiger charge is -2.13. The van der Waals surface area contributed by atoms with Crippen LogP contribution in [0, 0.1) is 0 Å². The first-order chi connectivity index (χ1) is 14.9.